The van der Waals surface area contributed by atoms with Crippen LogP contribution in [0.15, 0.2) is 10.2 Å². The number of hydrogen-bond donors (Lipinski definition) is 3. The fourth-order valence-corrected chi connectivity index (χ4v) is 2.41. The van der Waals surface area contributed by atoms with Crippen LogP contribution in [0.2, 0.25) is 0 Å². The van der Waals surface area contributed by atoms with Gasteiger partial charge >= 0.3 is 11.7 Å². The van der Waals surface area contributed by atoms with Gasteiger partial charge in [0.05, 0.1) is 16.4 Å². The highest BCUT2D eigenvalue weighted by Crippen LogP contribution is 2.11. The molecule has 2 aromatic heterocycles. The number of nitrogens with zero attached hydrogens (tertiary/aromatic N) is 2. The molecule has 0 amide bonds. The maximum Gasteiger partial charge on any atom is 0.354 e. The molecule has 2 rings (SSSR count). The van der Waals surface area contributed by atoms with E-state index in [-0.39, 0.29) is 5.69 Å². The monoisotopic (exact) mass is 282 g/mol. The highest BCUT2D eigenvalue weighted by molar-refractivity contribution is 7.09. The summed E-state index contributed by atoms with van der Waals surface area (Å²) < 4.78 is 0. The molecule has 2 heterocycles. The molecule has 0 atom stereocenters. The number of nitrogens with one attached hydrogen (secondary N) is 2. The molecule has 0 radical (unpaired) electrons. The Morgan fingerprint density at radius 2 is 2.21 bits per heavy atom. The summed E-state index contributed by atoms with van der Waals surface area (Å²) >= 11 is 1.57. The first kappa shape index (κ1) is 13.5. The Kier molecular flexibility index (Phi) is 3.82. The third kappa shape index (κ3) is 3.30. The first-order valence-electron chi connectivity index (χ1n) is 5.59. The summed E-state index contributed by atoms with van der Waals surface area (Å²) in [7, 11) is 1.84. The van der Waals surface area contributed by atoms with Crippen molar-refractivity contribution in [3.63, 3.8) is 0 Å². The predicted octanol–water partition coefficient (Wildman–Crippen LogP) is 0.798. The summed E-state index contributed by atoms with van der Waals surface area (Å²) in [4.78, 5) is 33.1. The van der Waals surface area contributed by atoms with Gasteiger partial charge in [-0.3, -0.25) is 9.88 Å². The number of H-pyrrole nitrogens is 2. The molecule has 3 N–H and O–H groups in total. The van der Waals surface area contributed by atoms with Gasteiger partial charge in [0.25, 0.3) is 0 Å². The Morgan fingerprint density at radius 1 is 1.47 bits per heavy atom. The normalized spacial score (nSPS) is 11.1. The van der Waals surface area contributed by atoms with E-state index in [0.29, 0.717) is 18.8 Å². The maximum atomic E-state index is 11.2. The largest absolute Gasteiger partial charge is 0.477 e. The summed E-state index contributed by atoms with van der Waals surface area (Å²) in [6.45, 7) is 2.86. The quantitative estimate of drug-likeness (QED) is 0.752. The van der Waals surface area contributed by atoms with Gasteiger partial charge in [0.15, 0.2) is 0 Å². The Balaban J connectivity index is 2.08. The predicted molar refractivity (Wildman–Crippen MR) is 70.4 cm³/mol. The number of carboxylic acid groups (broad SMARTS) is 1. The number of carbonyl (C=O) groups is 1. The molecule has 0 fully saturated rings. The van der Waals surface area contributed by atoms with Gasteiger partial charge in [-0.2, -0.15) is 0 Å². The summed E-state index contributed by atoms with van der Waals surface area (Å²) in [6.07, 6.45) is 0. The Labute approximate surface area is 112 Å². The van der Waals surface area contributed by atoms with Crippen LogP contribution in [-0.2, 0) is 13.1 Å². The van der Waals surface area contributed by atoms with E-state index in [4.69, 9.17) is 5.11 Å². The van der Waals surface area contributed by atoms with Crippen LogP contribution < -0.4 is 5.69 Å². The van der Waals surface area contributed by atoms with Crippen molar-refractivity contribution in [2.75, 3.05) is 7.05 Å². The van der Waals surface area contributed by atoms with Crippen molar-refractivity contribution >= 4 is 17.3 Å². The number of aromatic amines is 2. The van der Waals surface area contributed by atoms with Crippen LogP contribution in [0.1, 0.15) is 26.9 Å². The zero-order valence-electron chi connectivity index (χ0n) is 10.6. The number of aryl methyl sites for hydroxylation is 1. The Bertz CT molecular complexity index is 642. The van der Waals surface area contributed by atoms with Gasteiger partial charge in [0.1, 0.15) is 5.69 Å². The minimum atomic E-state index is -1.15. The van der Waals surface area contributed by atoms with Crippen molar-refractivity contribution in [3.05, 3.63) is 38.0 Å². The lowest BCUT2D eigenvalue weighted by Gasteiger charge is -2.14. The van der Waals surface area contributed by atoms with Crippen molar-refractivity contribution in [2.45, 2.75) is 20.0 Å². The molecule has 19 heavy (non-hydrogen) atoms. The minimum Gasteiger partial charge on any atom is -0.477 e. The van der Waals surface area contributed by atoms with Gasteiger partial charge in [0, 0.05) is 18.5 Å². The fraction of sp³-hybridized carbons (Fsp3) is 0.364. The molecular formula is C11H14N4O3S. The van der Waals surface area contributed by atoms with Gasteiger partial charge in [-0.05, 0) is 14.0 Å². The second-order valence-electron chi connectivity index (χ2n) is 4.27. The van der Waals surface area contributed by atoms with E-state index >= 15 is 0 Å². The Hall–Kier alpha value is -1.93. The van der Waals surface area contributed by atoms with Crippen molar-refractivity contribution in [3.8, 4) is 0 Å². The number of hydrogen-bond acceptors (Lipinski definition) is 5. The van der Waals surface area contributed by atoms with E-state index < -0.39 is 11.7 Å². The standard InChI is InChI=1S/C11H14N4O3S/c1-6-12-7(5-19-6)3-15(2)4-8-9(10(16)17)14-11(18)13-8/h5H,3-4H2,1-2H3,(H,16,17)(H2,13,14,18). The summed E-state index contributed by atoms with van der Waals surface area (Å²) in [5, 5.41) is 11.9. The average Bonchev–Trinajstić information content (AvgIpc) is 2.85. The number of rotatable bonds is 5. The van der Waals surface area contributed by atoms with Crippen LogP contribution in [0.4, 0.5) is 0 Å². The number of imidazole rings is 1. The molecule has 0 aliphatic heterocycles. The zero-order chi connectivity index (χ0) is 14.0. The van der Waals surface area contributed by atoms with Gasteiger partial charge in [-0.15, -0.1) is 11.3 Å². The summed E-state index contributed by atoms with van der Waals surface area (Å²) in [5.74, 6) is -1.15. The smallest absolute Gasteiger partial charge is 0.354 e. The third-order valence-corrected chi connectivity index (χ3v) is 3.37. The van der Waals surface area contributed by atoms with Crippen molar-refractivity contribution in [1.29, 1.82) is 0 Å². The van der Waals surface area contributed by atoms with Crippen LogP contribution in [-0.4, -0.2) is 38.0 Å². The lowest BCUT2D eigenvalue weighted by atomic mass is 10.3. The molecule has 7 nitrogen and oxygen atoms in total. The molecule has 102 valence electrons. The SMILES string of the molecule is Cc1nc(CN(C)Cc2[nH]c(=O)[nH]c2C(=O)O)cs1. The van der Waals surface area contributed by atoms with Gasteiger partial charge in [-0.25, -0.2) is 14.6 Å². The molecule has 0 aromatic carbocycles. The van der Waals surface area contributed by atoms with E-state index in [1.807, 2.05) is 24.3 Å². The van der Waals surface area contributed by atoms with Crippen LogP contribution in [0.3, 0.4) is 0 Å². The van der Waals surface area contributed by atoms with E-state index in [1.54, 1.807) is 11.3 Å². The number of aromatic carboxylic acids is 1. The first-order chi connectivity index (χ1) is 8.95. The summed E-state index contributed by atoms with van der Waals surface area (Å²) in [5.41, 5.74) is 0.698. The Morgan fingerprint density at radius 3 is 2.79 bits per heavy atom. The molecule has 8 heteroatoms. The highest BCUT2D eigenvalue weighted by Gasteiger charge is 2.15. The second-order valence-corrected chi connectivity index (χ2v) is 5.33. The molecular weight excluding hydrogens is 268 g/mol. The van der Waals surface area contributed by atoms with Crippen molar-refractivity contribution in [1.82, 2.24) is 19.9 Å². The minimum absolute atomic E-state index is 0.0914. The number of thiazole rings is 1. The molecule has 0 aliphatic carbocycles. The van der Waals surface area contributed by atoms with E-state index in [0.717, 1.165) is 10.7 Å². The van der Waals surface area contributed by atoms with E-state index in [2.05, 4.69) is 15.0 Å². The third-order valence-electron chi connectivity index (χ3n) is 2.55. The molecule has 0 spiro atoms. The average molecular weight is 282 g/mol. The van der Waals surface area contributed by atoms with E-state index in [9.17, 15) is 9.59 Å². The number of aromatic nitrogens is 3. The van der Waals surface area contributed by atoms with Crippen LogP contribution in [0, 0.1) is 6.92 Å². The van der Waals surface area contributed by atoms with Gasteiger partial charge < -0.3 is 10.1 Å². The molecule has 0 bridgehead atoms. The molecule has 0 saturated heterocycles. The fourth-order valence-electron chi connectivity index (χ4n) is 1.80. The molecule has 0 aliphatic rings. The van der Waals surface area contributed by atoms with Crippen LogP contribution >= 0.6 is 11.3 Å². The van der Waals surface area contributed by atoms with Crippen molar-refractivity contribution in [2.24, 2.45) is 0 Å². The highest BCUT2D eigenvalue weighted by atomic mass is 32.1. The number of carboxylic acids is 1. The first-order valence-corrected chi connectivity index (χ1v) is 6.47. The topological polar surface area (TPSA) is 102 Å². The molecule has 0 unspecified atom stereocenters. The van der Waals surface area contributed by atoms with Gasteiger partial charge in [0.2, 0.25) is 0 Å². The van der Waals surface area contributed by atoms with Crippen LogP contribution in [0.5, 0.6) is 0 Å². The molecule has 2 aromatic rings. The van der Waals surface area contributed by atoms with Crippen LogP contribution in [0.25, 0.3) is 0 Å². The summed E-state index contributed by atoms with van der Waals surface area (Å²) in [6, 6.07) is 0. The molecule has 0 saturated carbocycles. The van der Waals surface area contributed by atoms with E-state index in [1.165, 1.54) is 0 Å². The lowest BCUT2D eigenvalue weighted by Crippen LogP contribution is -2.19. The zero-order valence-corrected chi connectivity index (χ0v) is 11.4. The maximum absolute atomic E-state index is 11.2. The lowest BCUT2D eigenvalue weighted by molar-refractivity contribution is 0.0688. The van der Waals surface area contributed by atoms with Crippen molar-refractivity contribution < 1.29 is 9.90 Å². The van der Waals surface area contributed by atoms with Gasteiger partial charge in [-0.1, -0.05) is 0 Å². The second kappa shape index (κ2) is 5.37.